The molecule has 7 nitrogen and oxygen atoms in total. The van der Waals surface area contributed by atoms with E-state index in [0.717, 1.165) is 24.4 Å². The Labute approximate surface area is 108 Å². The second-order valence-electron chi connectivity index (χ2n) is 4.52. The van der Waals surface area contributed by atoms with Crippen molar-refractivity contribution in [2.75, 3.05) is 18.8 Å². The third-order valence-corrected chi connectivity index (χ3v) is 4.02. The predicted molar refractivity (Wildman–Crippen MR) is 64.5 cm³/mol. The van der Waals surface area contributed by atoms with E-state index >= 15 is 0 Å². The lowest BCUT2D eigenvalue weighted by atomic mass is 10.1. The van der Waals surface area contributed by atoms with Crippen molar-refractivity contribution in [2.45, 2.75) is 25.4 Å². The van der Waals surface area contributed by atoms with Crippen molar-refractivity contribution in [2.24, 2.45) is 0 Å². The van der Waals surface area contributed by atoms with E-state index in [1.54, 1.807) is 4.90 Å². The molecule has 0 bridgehead atoms. The summed E-state index contributed by atoms with van der Waals surface area (Å²) < 4.78 is 3.73. The molecule has 96 valence electrons. The van der Waals surface area contributed by atoms with Crippen LogP contribution >= 0.6 is 11.5 Å². The molecule has 1 aromatic heterocycles. The maximum absolute atomic E-state index is 12.2. The molecule has 2 fully saturated rings. The summed E-state index contributed by atoms with van der Waals surface area (Å²) in [7, 11) is 0. The van der Waals surface area contributed by atoms with Crippen molar-refractivity contribution in [1.82, 2.24) is 19.4 Å². The van der Waals surface area contributed by atoms with Crippen molar-refractivity contribution >= 4 is 28.3 Å². The van der Waals surface area contributed by atoms with Gasteiger partial charge in [-0.25, -0.2) is 0 Å². The number of amides is 2. The molecule has 1 atom stereocenters. The lowest BCUT2D eigenvalue weighted by Gasteiger charge is -2.36. The highest BCUT2D eigenvalue weighted by atomic mass is 32.1. The zero-order chi connectivity index (χ0) is 12.7. The van der Waals surface area contributed by atoms with Gasteiger partial charge in [0.2, 0.25) is 11.8 Å². The van der Waals surface area contributed by atoms with E-state index in [0.29, 0.717) is 17.2 Å². The molecule has 2 amide bonds. The van der Waals surface area contributed by atoms with Gasteiger partial charge in [0, 0.05) is 18.1 Å². The summed E-state index contributed by atoms with van der Waals surface area (Å²) in [6.07, 6.45) is 1.66. The van der Waals surface area contributed by atoms with Crippen molar-refractivity contribution in [1.29, 1.82) is 0 Å². The Hall–Kier alpha value is -1.70. The maximum Gasteiger partial charge on any atom is 0.246 e. The minimum Gasteiger partial charge on any atom is -0.388 e. The first-order chi connectivity index (χ1) is 8.66. The molecule has 0 aromatic carbocycles. The minimum absolute atomic E-state index is 0.000463. The Balaban J connectivity index is 1.79. The van der Waals surface area contributed by atoms with Gasteiger partial charge in [-0.3, -0.25) is 9.59 Å². The standard InChI is InChI=1S/C10H13N5O2S/c11-9-6(12-13-18-9)4-14-5-8(16)15-3-1-2-7(15)10(14)17/h7H,1-5,11H2. The molecule has 0 spiro atoms. The van der Waals surface area contributed by atoms with Gasteiger partial charge in [0.15, 0.2) is 0 Å². The fraction of sp³-hybridized carbons (Fsp3) is 0.600. The second-order valence-corrected chi connectivity index (χ2v) is 5.31. The van der Waals surface area contributed by atoms with E-state index < -0.39 is 0 Å². The van der Waals surface area contributed by atoms with Gasteiger partial charge in [0.1, 0.15) is 23.3 Å². The summed E-state index contributed by atoms with van der Waals surface area (Å²) in [6, 6.07) is -0.279. The third kappa shape index (κ3) is 1.72. The minimum atomic E-state index is -0.279. The number of carbonyl (C=O) groups is 2. The topological polar surface area (TPSA) is 92.4 Å². The summed E-state index contributed by atoms with van der Waals surface area (Å²) in [4.78, 5) is 27.4. The number of carbonyl (C=O) groups excluding carboxylic acids is 2. The van der Waals surface area contributed by atoms with Crippen LogP contribution in [0.3, 0.4) is 0 Å². The molecule has 18 heavy (non-hydrogen) atoms. The number of anilines is 1. The Kier molecular flexibility index (Phi) is 2.66. The number of piperazine rings is 1. The largest absolute Gasteiger partial charge is 0.388 e. The number of nitrogens with two attached hydrogens (primary N) is 1. The third-order valence-electron chi connectivity index (χ3n) is 3.42. The Morgan fingerprint density at radius 2 is 2.28 bits per heavy atom. The first kappa shape index (κ1) is 11.4. The zero-order valence-electron chi connectivity index (χ0n) is 9.70. The van der Waals surface area contributed by atoms with Crippen LogP contribution in [0.1, 0.15) is 18.5 Å². The average molecular weight is 267 g/mol. The second kappa shape index (κ2) is 4.20. The number of aromatic nitrogens is 2. The zero-order valence-corrected chi connectivity index (χ0v) is 10.5. The van der Waals surface area contributed by atoms with Crippen molar-refractivity contribution in [3.63, 3.8) is 0 Å². The summed E-state index contributed by atoms with van der Waals surface area (Å²) in [5, 5.41) is 4.38. The van der Waals surface area contributed by atoms with Crippen LogP contribution in [0.2, 0.25) is 0 Å². The van der Waals surface area contributed by atoms with E-state index in [1.165, 1.54) is 4.90 Å². The average Bonchev–Trinajstić information content (AvgIpc) is 2.96. The van der Waals surface area contributed by atoms with Crippen LogP contribution < -0.4 is 5.73 Å². The van der Waals surface area contributed by atoms with E-state index in [-0.39, 0.29) is 30.9 Å². The molecular formula is C10H13N5O2S. The highest BCUT2D eigenvalue weighted by Gasteiger charge is 2.42. The molecule has 2 N–H and O–H groups in total. The predicted octanol–water partition coefficient (Wildman–Crippen LogP) is -0.547. The van der Waals surface area contributed by atoms with E-state index in [9.17, 15) is 9.59 Å². The molecule has 1 aromatic rings. The van der Waals surface area contributed by atoms with Crippen LogP contribution in [0.4, 0.5) is 5.00 Å². The summed E-state index contributed by atoms with van der Waals surface area (Å²) in [5.74, 6) is 0.0124. The molecule has 0 aliphatic carbocycles. The Morgan fingerprint density at radius 1 is 1.44 bits per heavy atom. The van der Waals surface area contributed by atoms with E-state index in [4.69, 9.17) is 5.73 Å². The number of nitrogens with zero attached hydrogens (tertiary/aromatic N) is 4. The highest BCUT2D eigenvalue weighted by Crippen LogP contribution is 2.25. The first-order valence-electron chi connectivity index (χ1n) is 5.82. The van der Waals surface area contributed by atoms with Crippen molar-refractivity contribution in [3.8, 4) is 0 Å². The summed E-state index contributed by atoms with van der Waals surface area (Å²) in [5.41, 5.74) is 6.28. The van der Waals surface area contributed by atoms with Gasteiger partial charge < -0.3 is 15.5 Å². The number of fused-ring (bicyclic) bond motifs is 1. The van der Waals surface area contributed by atoms with Crippen LogP contribution in [-0.4, -0.2) is 50.3 Å². The van der Waals surface area contributed by atoms with Gasteiger partial charge in [-0.1, -0.05) is 4.49 Å². The van der Waals surface area contributed by atoms with Crippen LogP contribution in [0, 0.1) is 0 Å². The Morgan fingerprint density at radius 3 is 3.00 bits per heavy atom. The normalized spacial score (nSPS) is 23.7. The molecule has 8 heteroatoms. The quantitative estimate of drug-likeness (QED) is 0.776. The summed E-state index contributed by atoms with van der Waals surface area (Å²) in [6.45, 7) is 1.09. The van der Waals surface area contributed by atoms with Gasteiger partial charge in [-0.15, -0.1) is 5.10 Å². The fourth-order valence-corrected chi connectivity index (χ4v) is 2.94. The monoisotopic (exact) mass is 267 g/mol. The summed E-state index contributed by atoms with van der Waals surface area (Å²) >= 11 is 1.10. The van der Waals surface area contributed by atoms with E-state index in [1.807, 2.05) is 0 Å². The smallest absolute Gasteiger partial charge is 0.246 e. The van der Waals surface area contributed by atoms with Gasteiger partial charge >= 0.3 is 0 Å². The molecule has 2 aliphatic rings. The molecule has 1 unspecified atom stereocenters. The van der Waals surface area contributed by atoms with Crippen LogP contribution in [-0.2, 0) is 16.1 Å². The molecule has 0 saturated carbocycles. The molecule has 2 saturated heterocycles. The lowest BCUT2D eigenvalue weighted by Crippen LogP contribution is -2.56. The van der Waals surface area contributed by atoms with Crippen molar-refractivity contribution in [3.05, 3.63) is 5.69 Å². The van der Waals surface area contributed by atoms with Crippen molar-refractivity contribution < 1.29 is 9.59 Å². The van der Waals surface area contributed by atoms with Gasteiger partial charge in [0.25, 0.3) is 0 Å². The first-order valence-corrected chi connectivity index (χ1v) is 6.59. The van der Waals surface area contributed by atoms with Crippen LogP contribution in [0.5, 0.6) is 0 Å². The van der Waals surface area contributed by atoms with Crippen LogP contribution in [0.25, 0.3) is 0 Å². The maximum atomic E-state index is 12.2. The fourth-order valence-electron chi connectivity index (χ4n) is 2.50. The van der Waals surface area contributed by atoms with Gasteiger partial charge in [-0.2, -0.15) is 0 Å². The molecule has 3 heterocycles. The molecular weight excluding hydrogens is 254 g/mol. The molecule has 0 radical (unpaired) electrons. The number of hydrogen-bond donors (Lipinski definition) is 1. The van der Waals surface area contributed by atoms with Gasteiger partial charge in [-0.05, 0) is 12.8 Å². The Bertz CT molecular complexity index is 502. The SMILES string of the molecule is Nc1snnc1CN1CC(=O)N2CCCC2C1=O. The lowest BCUT2D eigenvalue weighted by molar-refractivity contribution is -0.154. The number of rotatable bonds is 2. The molecule has 2 aliphatic heterocycles. The highest BCUT2D eigenvalue weighted by molar-refractivity contribution is 7.09. The van der Waals surface area contributed by atoms with Crippen LogP contribution in [0.15, 0.2) is 0 Å². The molecule has 3 rings (SSSR count). The van der Waals surface area contributed by atoms with E-state index in [2.05, 4.69) is 9.59 Å². The van der Waals surface area contributed by atoms with Gasteiger partial charge in [0.05, 0.1) is 6.54 Å². The number of nitrogen functional groups attached to an aromatic ring is 1. The number of hydrogen-bond acceptors (Lipinski definition) is 6.